The molecule has 2 aliphatic carbocycles. The van der Waals surface area contributed by atoms with Crippen LogP contribution in [-0.4, -0.2) is 21.9 Å². The van der Waals surface area contributed by atoms with E-state index in [0.717, 1.165) is 25.7 Å². The Balaban J connectivity index is 2.26. The lowest BCUT2D eigenvalue weighted by Gasteiger charge is -2.38. The van der Waals surface area contributed by atoms with Crippen molar-refractivity contribution in [2.24, 2.45) is 17.8 Å². The molecule has 0 spiro atoms. The Hall–Kier alpha value is -0.340. The average molecular weight is 224 g/mol. The quantitative estimate of drug-likeness (QED) is 0.672. The fraction of sp³-hybridized carbons (Fsp3) is 0.857. The molecule has 2 aliphatic rings. The van der Waals surface area contributed by atoms with Crippen molar-refractivity contribution in [3.8, 4) is 0 Å². The lowest BCUT2D eigenvalue weighted by atomic mass is 9.74. The summed E-state index contributed by atoms with van der Waals surface area (Å²) in [6.07, 6.45) is 5.56. The lowest BCUT2D eigenvalue weighted by molar-refractivity contribution is -0.0917. The van der Waals surface area contributed by atoms with Crippen LogP contribution in [-0.2, 0) is 0 Å². The van der Waals surface area contributed by atoms with E-state index in [9.17, 15) is 10.2 Å². The number of rotatable bonds is 1. The van der Waals surface area contributed by atoms with Crippen LogP contribution >= 0.6 is 0 Å². The maximum Gasteiger partial charge on any atom is 0.0726 e. The zero-order chi connectivity index (χ0) is 11.9. The van der Waals surface area contributed by atoms with E-state index < -0.39 is 5.60 Å². The molecule has 2 N–H and O–H groups in total. The molecule has 1 fully saturated rings. The van der Waals surface area contributed by atoms with Crippen molar-refractivity contribution < 1.29 is 10.2 Å². The smallest absolute Gasteiger partial charge is 0.0726 e. The summed E-state index contributed by atoms with van der Waals surface area (Å²) in [5, 5.41) is 21.1. The third-order valence-electron chi connectivity index (χ3n) is 4.72. The molecule has 0 aromatic carbocycles. The van der Waals surface area contributed by atoms with Crippen molar-refractivity contribution in [1.29, 1.82) is 0 Å². The second-order valence-electron chi connectivity index (χ2n) is 6.03. The fourth-order valence-corrected chi connectivity index (χ4v) is 3.65. The molecule has 0 aromatic heterocycles. The van der Waals surface area contributed by atoms with Gasteiger partial charge in [0, 0.05) is 5.92 Å². The molecule has 0 amide bonds. The van der Waals surface area contributed by atoms with Crippen LogP contribution in [0.2, 0.25) is 0 Å². The molecule has 2 rings (SSSR count). The van der Waals surface area contributed by atoms with Crippen LogP contribution in [0.5, 0.6) is 0 Å². The molecule has 4 atom stereocenters. The average Bonchev–Trinajstić information content (AvgIpc) is 2.46. The third-order valence-corrected chi connectivity index (χ3v) is 4.72. The van der Waals surface area contributed by atoms with E-state index in [1.807, 2.05) is 0 Å². The van der Waals surface area contributed by atoms with Crippen molar-refractivity contribution in [2.75, 3.05) is 0 Å². The molecule has 0 saturated heterocycles. The van der Waals surface area contributed by atoms with Gasteiger partial charge in [-0.1, -0.05) is 25.5 Å². The van der Waals surface area contributed by atoms with Crippen LogP contribution in [0.4, 0.5) is 0 Å². The summed E-state index contributed by atoms with van der Waals surface area (Å²) in [6.45, 7) is 6.22. The second-order valence-corrected chi connectivity index (χ2v) is 6.03. The van der Waals surface area contributed by atoms with Crippen LogP contribution in [0.15, 0.2) is 11.6 Å². The Morgan fingerprint density at radius 1 is 1.44 bits per heavy atom. The molecule has 16 heavy (non-hydrogen) atoms. The van der Waals surface area contributed by atoms with E-state index in [2.05, 4.69) is 26.8 Å². The van der Waals surface area contributed by atoms with E-state index in [-0.39, 0.29) is 17.9 Å². The van der Waals surface area contributed by atoms with Gasteiger partial charge in [0.15, 0.2) is 0 Å². The van der Waals surface area contributed by atoms with Crippen molar-refractivity contribution >= 4 is 0 Å². The highest BCUT2D eigenvalue weighted by molar-refractivity contribution is 5.12. The summed E-state index contributed by atoms with van der Waals surface area (Å²) in [6, 6.07) is 0. The fourth-order valence-electron chi connectivity index (χ4n) is 3.65. The molecular weight excluding hydrogens is 200 g/mol. The van der Waals surface area contributed by atoms with Gasteiger partial charge in [-0.2, -0.15) is 0 Å². The van der Waals surface area contributed by atoms with E-state index in [0.29, 0.717) is 5.92 Å². The highest BCUT2D eigenvalue weighted by Crippen LogP contribution is 2.49. The summed E-state index contributed by atoms with van der Waals surface area (Å²) >= 11 is 0. The Kier molecular flexibility index (Phi) is 3.15. The highest BCUT2D eigenvalue weighted by Gasteiger charge is 2.52. The molecule has 0 bridgehead atoms. The SMILES string of the molecule is CC1=CCC2CCC(O)(C(C)C)C2C(O)C1. The number of aliphatic hydroxyl groups is 2. The molecule has 0 radical (unpaired) electrons. The van der Waals surface area contributed by atoms with Crippen LogP contribution in [0.1, 0.15) is 46.5 Å². The van der Waals surface area contributed by atoms with Crippen molar-refractivity contribution in [3.63, 3.8) is 0 Å². The molecule has 2 heteroatoms. The zero-order valence-corrected chi connectivity index (χ0v) is 10.6. The number of allylic oxidation sites excluding steroid dienone is 1. The standard InChI is InChI=1S/C14H24O2/c1-9(2)14(16)7-6-11-5-4-10(3)8-12(15)13(11)14/h4,9,11-13,15-16H,5-8H2,1-3H3. The monoisotopic (exact) mass is 224 g/mol. The van der Waals surface area contributed by atoms with Gasteiger partial charge in [0.05, 0.1) is 11.7 Å². The van der Waals surface area contributed by atoms with E-state index in [4.69, 9.17) is 0 Å². The molecule has 92 valence electrons. The molecule has 0 aliphatic heterocycles. The molecular formula is C14H24O2. The van der Waals surface area contributed by atoms with Crippen molar-refractivity contribution in [1.82, 2.24) is 0 Å². The summed E-state index contributed by atoms with van der Waals surface area (Å²) in [5.41, 5.74) is 0.621. The first-order chi connectivity index (χ1) is 7.45. The van der Waals surface area contributed by atoms with Gasteiger partial charge in [0.25, 0.3) is 0 Å². The van der Waals surface area contributed by atoms with Gasteiger partial charge < -0.3 is 10.2 Å². The predicted octanol–water partition coefficient (Wildman–Crippen LogP) is 2.50. The maximum absolute atomic E-state index is 10.8. The molecule has 0 aromatic rings. The number of hydrogen-bond acceptors (Lipinski definition) is 2. The summed E-state index contributed by atoms with van der Waals surface area (Å²) < 4.78 is 0. The van der Waals surface area contributed by atoms with Gasteiger partial charge in [0.1, 0.15) is 0 Å². The highest BCUT2D eigenvalue weighted by atomic mass is 16.3. The molecule has 1 saturated carbocycles. The lowest BCUT2D eigenvalue weighted by Crippen LogP contribution is -2.46. The summed E-state index contributed by atoms with van der Waals surface area (Å²) in [7, 11) is 0. The van der Waals surface area contributed by atoms with Gasteiger partial charge in [-0.15, -0.1) is 0 Å². The minimum atomic E-state index is -0.650. The van der Waals surface area contributed by atoms with Crippen LogP contribution < -0.4 is 0 Å². The van der Waals surface area contributed by atoms with Gasteiger partial charge in [-0.3, -0.25) is 0 Å². The number of aliphatic hydroxyl groups excluding tert-OH is 1. The third kappa shape index (κ3) is 1.82. The van der Waals surface area contributed by atoms with E-state index >= 15 is 0 Å². The van der Waals surface area contributed by atoms with Crippen molar-refractivity contribution in [2.45, 2.75) is 58.2 Å². The molecule has 2 nitrogen and oxygen atoms in total. The topological polar surface area (TPSA) is 40.5 Å². The van der Waals surface area contributed by atoms with Gasteiger partial charge in [-0.05, 0) is 44.4 Å². The van der Waals surface area contributed by atoms with Crippen LogP contribution in [0.25, 0.3) is 0 Å². The minimum Gasteiger partial charge on any atom is -0.392 e. The first-order valence-corrected chi connectivity index (χ1v) is 6.51. The number of fused-ring (bicyclic) bond motifs is 1. The van der Waals surface area contributed by atoms with Crippen LogP contribution in [0, 0.1) is 17.8 Å². The normalized spacial score (nSPS) is 44.1. The molecule has 0 heterocycles. The molecule has 4 unspecified atom stereocenters. The number of hydrogen-bond donors (Lipinski definition) is 2. The van der Waals surface area contributed by atoms with E-state index in [1.165, 1.54) is 5.57 Å². The Bertz CT molecular complexity index is 295. The Morgan fingerprint density at radius 3 is 2.75 bits per heavy atom. The van der Waals surface area contributed by atoms with Gasteiger partial charge in [-0.25, -0.2) is 0 Å². The van der Waals surface area contributed by atoms with Gasteiger partial charge >= 0.3 is 0 Å². The summed E-state index contributed by atoms with van der Waals surface area (Å²) in [5.74, 6) is 0.775. The van der Waals surface area contributed by atoms with E-state index in [1.54, 1.807) is 0 Å². The Labute approximate surface area is 98.4 Å². The minimum absolute atomic E-state index is 0.0706. The largest absolute Gasteiger partial charge is 0.392 e. The Morgan fingerprint density at radius 2 is 2.12 bits per heavy atom. The maximum atomic E-state index is 10.8. The first kappa shape index (κ1) is 12.1. The zero-order valence-electron chi connectivity index (χ0n) is 10.6. The predicted molar refractivity (Wildman–Crippen MR) is 65.0 cm³/mol. The van der Waals surface area contributed by atoms with Crippen LogP contribution in [0.3, 0.4) is 0 Å². The van der Waals surface area contributed by atoms with Gasteiger partial charge in [0.2, 0.25) is 0 Å². The summed E-state index contributed by atoms with van der Waals surface area (Å²) in [4.78, 5) is 0. The second kappa shape index (κ2) is 4.15. The first-order valence-electron chi connectivity index (χ1n) is 6.51. The van der Waals surface area contributed by atoms with Crippen molar-refractivity contribution in [3.05, 3.63) is 11.6 Å².